The van der Waals surface area contributed by atoms with E-state index in [-0.39, 0.29) is 11.8 Å². The van der Waals surface area contributed by atoms with Crippen LogP contribution < -0.4 is 9.47 Å². The molecule has 0 bridgehead atoms. The second-order valence-electron chi connectivity index (χ2n) is 7.41. The molecule has 0 aliphatic carbocycles. The van der Waals surface area contributed by atoms with Crippen LogP contribution in [0.3, 0.4) is 0 Å². The van der Waals surface area contributed by atoms with Crippen LogP contribution in [0.15, 0.2) is 42.6 Å². The van der Waals surface area contributed by atoms with Crippen molar-refractivity contribution in [3.63, 3.8) is 0 Å². The molecule has 1 N–H and O–H groups in total. The number of fused-ring (bicyclic) bond motifs is 1. The number of hydrogen-bond acceptors (Lipinski definition) is 3. The molecule has 5 nitrogen and oxygen atoms in total. The highest BCUT2D eigenvalue weighted by Gasteiger charge is 2.25. The maximum absolute atomic E-state index is 13.1. The van der Waals surface area contributed by atoms with Gasteiger partial charge in [0.2, 0.25) is 5.91 Å². The molecule has 0 aliphatic rings. The number of benzene rings is 2. The molecule has 0 saturated carbocycles. The lowest BCUT2D eigenvalue weighted by molar-refractivity contribution is -0.131. The zero-order valence-electron chi connectivity index (χ0n) is 18.6. The van der Waals surface area contributed by atoms with Gasteiger partial charge in [-0.05, 0) is 49.1 Å². The van der Waals surface area contributed by atoms with Crippen molar-refractivity contribution >= 4 is 16.8 Å². The van der Waals surface area contributed by atoms with E-state index in [9.17, 15) is 4.79 Å². The number of nitrogens with zero attached hydrogens (tertiary/aromatic N) is 1. The summed E-state index contributed by atoms with van der Waals surface area (Å²) in [6, 6.07) is 12.2. The van der Waals surface area contributed by atoms with Gasteiger partial charge in [-0.2, -0.15) is 0 Å². The van der Waals surface area contributed by atoms with Crippen LogP contribution in [0.4, 0.5) is 0 Å². The first kappa shape index (κ1) is 21.8. The number of methoxy groups -OCH3 is 2. The largest absolute Gasteiger partial charge is 0.497 e. The number of aromatic nitrogens is 1. The number of nitrogens with one attached hydrogen (secondary N) is 1. The molecular formula is C25H32N2O3. The van der Waals surface area contributed by atoms with E-state index in [4.69, 9.17) is 9.47 Å². The number of rotatable bonds is 9. The molecule has 1 heterocycles. The predicted molar refractivity (Wildman–Crippen MR) is 122 cm³/mol. The topological polar surface area (TPSA) is 54.6 Å². The third-order valence-corrected chi connectivity index (χ3v) is 5.86. The van der Waals surface area contributed by atoms with Crippen LogP contribution in [0, 0.1) is 0 Å². The molecule has 0 saturated heterocycles. The van der Waals surface area contributed by atoms with Gasteiger partial charge >= 0.3 is 0 Å². The second kappa shape index (κ2) is 9.70. The molecule has 1 aromatic heterocycles. The lowest BCUT2D eigenvalue weighted by Crippen LogP contribution is -2.31. The normalized spacial score (nSPS) is 12.0. The van der Waals surface area contributed by atoms with Gasteiger partial charge in [0, 0.05) is 48.6 Å². The molecule has 0 radical (unpaired) electrons. The number of aromatic amines is 1. The fourth-order valence-corrected chi connectivity index (χ4v) is 4.14. The Bertz CT molecular complexity index is 983. The number of amides is 1. The Labute approximate surface area is 179 Å². The highest BCUT2D eigenvalue weighted by molar-refractivity contribution is 5.88. The summed E-state index contributed by atoms with van der Waals surface area (Å²) in [5.41, 5.74) is 4.55. The average molecular weight is 409 g/mol. The van der Waals surface area contributed by atoms with Crippen LogP contribution >= 0.6 is 0 Å². The molecule has 1 amide bonds. The molecule has 0 fully saturated rings. The third-order valence-electron chi connectivity index (χ3n) is 5.86. The van der Waals surface area contributed by atoms with Gasteiger partial charge in [-0.3, -0.25) is 4.79 Å². The maximum atomic E-state index is 13.1. The number of para-hydroxylation sites is 1. The number of hydrogen-bond donors (Lipinski definition) is 1. The van der Waals surface area contributed by atoms with Crippen molar-refractivity contribution in [3.05, 3.63) is 59.3 Å². The Morgan fingerprint density at radius 2 is 1.70 bits per heavy atom. The number of H-pyrrole nitrogens is 1. The predicted octanol–water partition coefficient (Wildman–Crippen LogP) is 5.14. The van der Waals surface area contributed by atoms with Crippen LogP contribution in [0.25, 0.3) is 10.9 Å². The first-order chi connectivity index (χ1) is 14.6. The smallest absolute Gasteiger partial charge is 0.223 e. The minimum Gasteiger partial charge on any atom is -0.497 e. The fraction of sp³-hybridized carbons (Fsp3) is 0.400. The van der Waals surface area contributed by atoms with Crippen molar-refractivity contribution in [2.75, 3.05) is 27.3 Å². The van der Waals surface area contributed by atoms with E-state index < -0.39 is 0 Å². The number of carbonyl (C=O) groups is 1. The van der Waals surface area contributed by atoms with E-state index in [1.54, 1.807) is 14.2 Å². The van der Waals surface area contributed by atoms with E-state index >= 15 is 0 Å². The van der Waals surface area contributed by atoms with Crippen molar-refractivity contribution in [3.8, 4) is 11.5 Å². The zero-order valence-corrected chi connectivity index (χ0v) is 18.6. The average Bonchev–Trinajstić information content (AvgIpc) is 3.21. The van der Waals surface area contributed by atoms with Crippen LogP contribution in [0.2, 0.25) is 0 Å². The summed E-state index contributed by atoms with van der Waals surface area (Å²) in [6.07, 6.45) is 3.39. The van der Waals surface area contributed by atoms with Crippen molar-refractivity contribution in [1.29, 1.82) is 0 Å². The van der Waals surface area contributed by atoms with E-state index in [0.717, 1.165) is 39.9 Å². The highest BCUT2D eigenvalue weighted by Crippen LogP contribution is 2.38. The van der Waals surface area contributed by atoms with Gasteiger partial charge in [-0.1, -0.05) is 25.1 Å². The Morgan fingerprint density at radius 1 is 1.03 bits per heavy atom. The molecule has 2 aromatic carbocycles. The van der Waals surface area contributed by atoms with Crippen LogP contribution in [-0.4, -0.2) is 43.1 Å². The monoisotopic (exact) mass is 408 g/mol. The summed E-state index contributed by atoms with van der Waals surface area (Å²) in [7, 11) is 3.29. The van der Waals surface area contributed by atoms with Gasteiger partial charge in [-0.15, -0.1) is 0 Å². The van der Waals surface area contributed by atoms with Crippen LogP contribution in [-0.2, 0) is 11.2 Å². The van der Waals surface area contributed by atoms with Gasteiger partial charge in [0.1, 0.15) is 11.5 Å². The lowest BCUT2D eigenvalue weighted by atomic mass is 9.87. The first-order valence-electron chi connectivity index (χ1n) is 10.7. The zero-order chi connectivity index (χ0) is 21.7. The summed E-state index contributed by atoms with van der Waals surface area (Å²) in [4.78, 5) is 18.4. The summed E-state index contributed by atoms with van der Waals surface area (Å²) in [5.74, 6) is 1.48. The van der Waals surface area contributed by atoms with Crippen molar-refractivity contribution in [2.45, 2.75) is 39.5 Å². The highest BCUT2D eigenvalue weighted by atomic mass is 16.5. The van der Waals surface area contributed by atoms with Gasteiger partial charge < -0.3 is 19.4 Å². The Morgan fingerprint density at radius 3 is 2.27 bits per heavy atom. The number of aryl methyl sites for hydroxylation is 1. The molecule has 3 rings (SSSR count). The summed E-state index contributed by atoms with van der Waals surface area (Å²) < 4.78 is 11.0. The lowest BCUT2D eigenvalue weighted by Gasteiger charge is -2.24. The Hall–Kier alpha value is -2.95. The molecule has 30 heavy (non-hydrogen) atoms. The Balaban J connectivity index is 2.15. The minimum atomic E-state index is -0.108. The van der Waals surface area contributed by atoms with Gasteiger partial charge in [0.25, 0.3) is 0 Å². The molecule has 5 heteroatoms. The summed E-state index contributed by atoms with van der Waals surface area (Å²) >= 11 is 0. The second-order valence-corrected chi connectivity index (χ2v) is 7.41. The van der Waals surface area contributed by atoms with E-state index in [1.807, 2.05) is 36.9 Å². The van der Waals surface area contributed by atoms with E-state index in [2.05, 4.69) is 36.3 Å². The quantitative estimate of drug-likeness (QED) is 0.533. The van der Waals surface area contributed by atoms with Crippen molar-refractivity contribution < 1.29 is 14.3 Å². The van der Waals surface area contributed by atoms with Crippen molar-refractivity contribution in [2.24, 2.45) is 0 Å². The molecule has 3 aromatic rings. The standard InChI is InChI=1S/C25H32N2O3/c1-6-17-10-9-11-21-23(16-26-25(17)21)22(15-24(28)27(7-2)8-3)18-12-19(29-4)14-20(13-18)30-5/h9-14,16,22,26H,6-8,15H2,1-5H3. The molecule has 1 atom stereocenters. The fourth-order valence-electron chi connectivity index (χ4n) is 4.14. The van der Waals surface area contributed by atoms with Gasteiger partial charge in [0.05, 0.1) is 14.2 Å². The van der Waals surface area contributed by atoms with Crippen molar-refractivity contribution in [1.82, 2.24) is 9.88 Å². The maximum Gasteiger partial charge on any atom is 0.223 e. The van der Waals surface area contributed by atoms with Gasteiger partial charge in [-0.25, -0.2) is 0 Å². The SMILES string of the molecule is CCc1cccc2c(C(CC(=O)N(CC)CC)c3cc(OC)cc(OC)c3)c[nH]c12. The number of carbonyl (C=O) groups excluding carboxylic acids is 1. The molecule has 160 valence electrons. The van der Waals surface area contributed by atoms with Gasteiger partial charge in [0.15, 0.2) is 0 Å². The minimum absolute atomic E-state index is 0.108. The summed E-state index contributed by atoms with van der Waals surface area (Å²) in [5, 5.41) is 1.16. The van der Waals surface area contributed by atoms with Crippen LogP contribution in [0.5, 0.6) is 11.5 Å². The molecule has 1 unspecified atom stereocenters. The van der Waals surface area contributed by atoms with E-state index in [0.29, 0.717) is 19.5 Å². The third kappa shape index (κ3) is 4.30. The molecular weight excluding hydrogens is 376 g/mol. The Kier molecular flexibility index (Phi) is 7.03. The molecule has 0 aliphatic heterocycles. The van der Waals surface area contributed by atoms with E-state index in [1.165, 1.54) is 5.56 Å². The van der Waals surface area contributed by atoms with Crippen LogP contribution in [0.1, 0.15) is 49.8 Å². The number of ether oxygens (including phenoxy) is 2. The first-order valence-corrected chi connectivity index (χ1v) is 10.7. The molecule has 0 spiro atoms. The summed E-state index contributed by atoms with van der Waals surface area (Å²) in [6.45, 7) is 7.60.